The van der Waals surface area contributed by atoms with E-state index in [-0.39, 0.29) is 16.7 Å². The molecule has 0 spiro atoms. The summed E-state index contributed by atoms with van der Waals surface area (Å²) in [5.41, 5.74) is 2.55. The van der Waals surface area contributed by atoms with Crippen LogP contribution in [0.3, 0.4) is 0 Å². The molecular weight excluding hydrogens is 396 g/mol. The standard InChI is InChI=1S/C19H22N4O3S2/c1-12-11-27-19-17(21-13(2)23(12)19)15-6-4-8-22(10-15)18(24)14-5-3-7-16(9-14)28(20,25)26/h3,5,7,9,11,15H,4,6,8,10H2,1-2H3,(H2,20,25,26). The summed E-state index contributed by atoms with van der Waals surface area (Å²) in [4.78, 5) is 20.7. The molecule has 4 rings (SSSR count). The van der Waals surface area contributed by atoms with Gasteiger partial charge in [-0.05, 0) is 44.9 Å². The number of likely N-dealkylation sites (tertiary alicyclic amines) is 1. The van der Waals surface area contributed by atoms with Gasteiger partial charge >= 0.3 is 0 Å². The van der Waals surface area contributed by atoms with E-state index in [2.05, 4.69) is 16.7 Å². The van der Waals surface area contributed by atoms with E-state index in [1.807, 2.05) is 6.92 Å². The predicted molar refractivity (Wildman–Crippen MR) is 108 cm³/mol. The van der Waals surface area contributed by atoms with Gasteiger partial charge in [0.1, 0.15) is 10.7 Å². The van der Waals surface area contributed by atoms with Gasteiger partial charge in [0.25, 0.3) is 5.91 Å². The van der Waals surface area contributed by atoms with E-state index in [0.717, 1.165) is 29.2 Å². The Hall–Kier alpha value is -2.23. The molecule has 0 radical (unpaired) electrons. The van der Waals surface area contributed by atoms with Crippen LogP contribution < -0.4 is 5.14 Å². The first kappa shape index (κ1) is 19.1. The molecule has 1 amide bonds. The number of fused-ring (bicyclic) bond motifs is 1. The van der Waals surface area contributed by atoms with Crippen molar-refractivity contribution in [2.24, 2.45) is 5.14 Å². The minimum Gasteiger partial charge on any atom is -0.338 e. The Morgan fingerprint density at radius 2 is 2.11 bits per heavy atom. The normalized spacial score (nSPS) is 18.0. The smallest absolute Gasteiger partial charge is 0.253 e. The lowest BCUT2D eigenvalue weighted by Gasteiger charge is -2.32. The van der Waals surface area contributed by atoms with E-state index < -0.39 is 10.0 Å². The van der Waals surface area contributed by atoms with Gasteiger partial charge in [0.2, 0.25) is 10.0 Å². The molecule has 1 aromatic carbocycles. The van der Waals surface area contributed by atoms with Crippen LogP contribution in [0.4, 0.5) is 0 Å². The summed E-state index contributed by atoms with van der Waals surface area (Å²) in [5, 5.41) is 7.32. The minimum atomic E-state index is -3.84. The molecule has 148 valence electrons. The fourth-order valence-electron chi connectivity index (χ4n) is 3.90. The molecule has 9 heteroatoms. The Kier molecular flexibility index (Phi) is 4.76. The number of carbonyl (C=O) groups is 1. The fourth-order valence-corrected chi connectivity index (χ4v) is 5.56. The quantitative estimate of drug-likeness (QED) is 0.707. The van der Waals surface area contributed by atoms with E-state index in [0.29, 0.717) is 18.7 Å². The van der Waals surface area contributed by atoms with Gasteiger partial charge in [0.15, 0.2) is 0 Å². The van der Waals surface area contributed by atoms with Crippen molar-refractivity contribution >= 4 is 32.1 Å². The summed E-state index contributed by atoms with van der Waals surface area (Å²) in [6.07, 6.45) is 1.86. The van der Waals surface area contributed by atoms with Crippen LogP contribution in [0.15, 0.2) is 34.5 Å². The number of imidazole rings is 1. The van der Waals surface area contributed by atoms with Crippen LogP contribution in [0.1, 0.15) is 46.3 Å². The first-order valence-corrected chi connectivity index (χ1v) is 11.5. The number of sulfonamides is 1. The molecule has 3 heterocycles. The highest BCUT2D eigenvalue weighted by molar-refractivity contribution is 7.89. The molecule has 1 unspecified atom stereocenters. The van der Waals surface area contributed by atoms with E-state index in [1.54, 1.807) is 28.4 Å². The van der Waals surface area contributed by atoms with Gasteiger partial charge in [-0.15, -0.1) is 11.3 Å². The number of primary sulfonamides is 1. The van der Waals surface area contributed by atoms with E-state index >= 15 is 0 Å². The van der Waals surface area contributed by atoms with Crippen LogP contribution >= 0.6 is 11.3 Å². The van der Waals surface area contributed by atoms with Gasteiger partial charge in [-0.25, -0.2) is 18.5 Å². The molecule has 1 saturated heterocycles. The molecule has 1 aliphatic rings. The van der Waals surface area contributed by atoms with Gasteiger partial charge < -0.3 is 4.90 Å². The van der Waals surface area contributed by atoms with Crippen molar-refractivity contribution in [2.45, 2.75) is 37.5 Å². The second-order valence-electron chi connectivity index (χ2n) is 7.23. The first-order valence-electron chi connectivity index (χ1n) is 9.11. The Bertz CT molecular complexity index is 1160. The van der Waals surface area contributed by atoms with Crippen molar-refractivity contribution in [1.29, 1.82) is 0 Å². The largest absolute Gasteiger partial charge is 0.338 e. The lowest BCUT2D eigenvalue weighted by molar-refractivity contribution is 0.0706. The average molecular weight is 419 g/mol. The topological polar surface area (TPSA) is 97.8 Å². The molecule has 0 bridgehead atoms. The van der Waals surface area contributed by atoms with Gasteiger partial charge in [0, 0.05) is 35.6 Å². The lowest BCUT2D eigenvalue weighted by Crippen LogP contribution is -2.39. The van der Waals surface area contributed by atoms with Crippen LogP contribution in [0.2, 0.25) is 0 Å². The van der Waals surface area contributed by atoms with Crippen LogP contribution in [0.5, 0.6) is 0 Å². The summed E-state index contributed by atoms with van der Waals surface area (Å²) < 4.78 is 25.3. The number of nitrogens with two attached hydrogens (primary N) is 1. The van der Waals surface area contributed by atoms with Crippen molar-refractivity contribution < 1.29 is 13.2 Å². The van der Waals surface area contributed by atoms with Crippen LogP contribution in [-0.2, 0) is 10.0 Å². The summed E-state index contributed by atoms with van der Waals surface area (Å²) in [6.45, 7) is 5.29. The number of carbonyl (C=O) groups excluding carboxylic acids is 1. The second kappa shape index (κ2) is 6.98. The Morgan fingerprint density at radius 1 is 1.32 bits per heavy atom. The summed E-state index contributed by atoms with van der Waals surface area (Å²) >= 11 is 1.68. The zero-order valence-electron chi connectivity index (χ0n) is 15.8. The van der Waals surface area contributed by atoms with Crippen LogP contribution in [0.25, 0.3) is 4.83 Å². The molecule has 7 nitrogen and oxygen atoms in total. The molecule has 3 aromatic rings. The van der Waals surface area contributed by atoms with Gasteiger partial charge in [-0.1, -0.05) is 6.07 Å². The number of piperidine rings is 1. The highest BCUT2D eigenvalue weighted by atomic mass is 32.2. The number of rotatable bonds is 3. The van der Waals surface area contributed by atoms with Crippen LogP contribution in [-0.4, -0.2) is 41.7 Å². The number of hydrogen-bond acceptors (Lipinski definition) is 5. The number of thiazole rings is 1. The highest BCUT2D eigenvalue weighted by Gasteiger charge is 2.29. The van der Waals surface area contributed by atoms with Crippen molar-refractivity contribution in [1.82, 2.24) is 14.3 Å². The number of benzene rings is 1. The van der Waals surface area contributed by atoms with Crippen molar-refractivity contribution in [3.8, 4) is 0 Å². The van der Waals surface area contributed by atoms with Gasteiger partial charge in [0.05, 0.1) is 10.6 Å². The summed E-state index contributed by atoms with van der Waals surface area (Å²) in [5.74, 6) is 0.957. The maximum Gasteiger partial charge on any atom is 0.253 e. The molecule has 0 saturated carbocycles. The second-order valence-corrected chi connectivity index (χ2v) is 9.64. The first-order chi connectivity index (χ1) is 13.3. The highest BCUT2D eigenvalue weighted by Crippen LogP contribution is 2.33. The Morgan fingerprint density at radius 3 is 2.86 bits per heavy atom. The molecule has 2 N–H and O–H groups in total. The van der Waals surface area contributed by atoms with Crippen molar-refractivity contribution in [2.75, 3.05) is 13.1 Å². The molecular formula is C19H22N4O3S2. The minimum absolute atomic E-state index is 0.0487. The molecule has 28 heavy (non-hydrogen) atoms. The third-order valence-corrected chi connectivity index (χ3v) is 7.21. The Labute approximate surface area is 167 Å². The molecule has 2 aromatic heterocycles. The lowest BCUT2D eigenvalue weighted by atomic mass is 9.94. The van der Waals surface area contributed by atoms with Gasteiger partial charge in [-0.3, -0.25) is 9.20 Å². The van der Waals surface area contributed by atoms with Gasteiger partial charge in [-0.2, -0.15) is 0 Å². The fraction of sp³-hybridized carbons (Fsp3) is 0.368. The third kappa shape index (κ3) is 3.34. The maximum absolute atomic E-state index is 13.0. The average Bonchev–Trinajstić information content (AvgIpc) is 3.22. The van der Waals surface area contributed by atoms with Crippen molar-refractivity contribution in [3.05, 3.63) is 52.4 Å². The van der Waals surface area contributed by atoms with E-state index in [1.165, 1.54) is 17.8 Å². The monoisotopic (exact) mass is 418 g/mol. The molecule has 1 aliphatic heterocycles. The number of aromatic nitrogens is 2. The molecule has 0 aliphatic carbocycles. The maximum atomic E-state index is 13.0. The van der Waals surface area contributed by atoms with Crippen LogP contribution in [0, 0.1) is 13.8 Å². The van der Waals surface area contributed by atoms with E-state index in [4.69, 9.17) is 10.1 Å². The number of aryl methyl sites for hydroxylation is 2. The van der Waals surface area contributed by atoms with Crippen molar-refractivity contribution in [3.63, 3.8) is 0 Å². The summed E-state index contributed by atoms with van der Waals surface area (Å²) in [6, 6.07) is 5.92. The number of amides is 1. The summed E-state index contributed by atoms with van der Waals surface area (Å²) in [7, 11) is -3.84. The zero-order chi connectivity index (χ0) is 20.1. The molecule has 1 fully saturated rings. The van der Waals surface area contributed by atoms with E-state index in [9.17, 15) is 13.2 Å². The Balaban J connectivity index is 1.61. The SMILES string of the molecule is Cc1csc2c(C3CCCN(C(=O)c4cccc(S(N)(=O)=O)c4)C3)nc(C)n12. The molecule has 1 atom stereocenters. The number of hydrogen-bond donors (Lipinski definition) is 1. The predicted octanol–water partition coefficient (Wildman–Crippen LogP) is 2.68. The zero-order valence-corrected chi connectivity index (χ0v) is 17.4. The number of nitrogens with zero attached hydrogens (tertiary/aromatic N) is 3. The third-order valence-electron chi connectivity index (χ3n) is 5.23.